The Morgan fingerprint density at radius 2 is 0.880 bits per heavy atom. The zero-order valence-electron chi connectivity index (χ0n) is 27.6. The second kappa shape index (κ2) is 15.5. The van der Waals surface area contributed by atoms with Crippen LogP contribution in [0.1, 0.15) is 11.1 Å². The van der Waals surface area contributed by atoms with Gasteiger partial charge < -0.3 is 19.6 Å². The van der Waals surface area contributed by atoms with E-state index in [-0.39, 0.29) is 40.2 Å². The number of hydrogen-bond acceptors (Lipinski definition) is 4. The molecule has 8 rings (SSSR count). The van der Waals surface area contributed by atoms with E-state index in [0.29, 0.717) is 0 Å². The molecule has 252 valence electrons. The van der Waals surface area contributed by atoms with Gasteiger partial charge in [0.1, 0.15) is 0 Å². The number of aryl methyl sites for hydroxylation is 2. The van der Waals surface area contributed by atoms with Crippen molar-refractivity contribution in [1.82, 2.24) is 0 Å². The Hall–Kier alpha value is -4.70. The Balaban J connectivity index is 0.00000216. The van der Waals surface area contributed by atoms with Crippen LogP contribution in [0.25, 0.3) is 33.4 Å². The van der Waals surface area contributed by atoms with Crippen LogP contribution in [0.4, 0.5) is 22.7 Å². The van der Waals surface area contributed by atoms with Gasteiger partial charge in [0.05, 0.1) is 0 Å². The number of para-hydroxylation sites is 2. The summed E-state index contributed by atoms with van der Waals surface area (Å²) in [5.74, 6) is 0. The third kappa shape index (κ3) is 7.26. The van der Waals surface area contributed by atoms with Gasteiger partial charge in [0, 0.05) is 51.6 Å². The van der Waals surface area contributed by atoms with Gasteiger partial charge in [-0.2, -0.15) is 36.4 Å². The van der Waals surface area contributed by atoms with E-state index in [1.165, 1.54) is 33.4 Å². The quantitative estimate of drug-likeness (QED) is 0.148. The van der Waals surface area contributed by atoms with E-state index in [1.54, 1.807) is 0 Å². The SMILES string of the molecule is Cc1cc(C)cc(-c2c(-c3c[c-]c(N4C=CN(c5ccccc5)[CH-]4)cc3)cccc2-c2c[c-]c(N3C=CN(c4ccccc4)[CH-]3)cc2)c1.[Ir].[Ir]. The second-order valence-corrected chi connectivity index (χ2v) is 12.2. The van der Waals surface area contributed by atoms with E-state index < -0.39 is 0 Å². The van der Waals surface area contributed by atoms with E-state index >= 15 is 0 Å². The van der Waals surface area contributed by atoms with Crippen molar-refractivity contribution in [2.24, 2.45) is 0 Å². The van der Waals surface area contributed by atoms with Gasteiger partial charge in [-0.3, -0.25) is 0 Å². The molecule has 0 saturated carbocycles. The topological polar surface area (TPSA) is 13.0 Å². The van der Waals surface area contributed by atoms with E-state index in [9.17, 15) is 0 Å². The molecule has 0 amide bonds. The number of nitrogens with zero attached hydrogens (tertiary/aromatic N) is 4. The zero-order valence-corrected chi connectivity index (χ0v) is 32.4. The number of anilines is 4. The standard InChI is InChI=1S/C44H34N4.2Ir/c1-33-28-34(2)30-37(29-33)44-42(35-16-20-40(21-17-35)47-26-24-45(31-47)38-10-5-3-6-11-38)14-9-15-43(44)36-18-22-41(23-19-36)48-27-25-46(32-48)39-12-7-4-8-13-39;;/h3-20,22,24-32H,1-2H3;;/q-4;;. The predicted octanol–water partition coefficient (Wildman–Crippen LogP) is 10.7. The summed E-state index contributed by atoms with van der Waals surface area (Å²) >= 11 is 0. The van der Waals surface area contributed by atoms with Crippen molar-refractivity contribution in [3.8, 4) is 33.4 Å². The van der Waals surface area contributed by atoms with E-state index in [4.69, 9.17) is 0 Å². The maximum Gasteiger partial charge on any atom is 0.0124 e. The maximum atomic E-state index is 3.56. The van der Waals surface area contributed by atoms with Crippen LogP contribution in [0.2, 0.25) is 0 Å². The van der Waals surface area contributed by atoms with Crippen LogP contribution in [0.3, 0.4) is 0 Å². The van der Waals surface area contributed by atoms with Crippen LogP contribution in [-0.4, -0.2) is 0 Å². The van der Waals surface area contributed by atoms with Crippen LogP contribution in [0.5, 0.6) is 0 Å². The molecule has 0 aliphatic carbocycles. The summed E-state index contributed by atoms with van der Waals surface area (Å²) in [7, 11) is 0. The van der Waals surface area contributed by atoms with Gasteiger partial charge in [-0.25, -0.2) is 0 Å². The van der Waals surface area contributed by atoms with Gasteiger partial charge in [-0.05, 0) is 74.0 Å². The Morgan fingerprint density at radius 1 is 0.440 bits per heavy atom. The molecule has 4 nitrogen and oxygen atoms in total. The normalized spacial score (nSPS) is 13.4. The molecule has 0 fully saturated rings. The van der Waals surface area contributed by atoms with Gasteiger partial charge in [0.15, 0.2) is 0 Å². The first-order chi connectivity index (χ1) is 23.6. The number of benzene rings is 6. The van der Waals surface area contributed by atoms with E-state index in [1.807, 2.05) is 12.1 Å². The molecular formula is C44H34Ir2N4-4. The minimum atomic E-state index is 0. The van der Waals surface area contributed by atoms with E-state index in [0.717, 1.165) is 33.9 Å². The van der Waals surface area contributed by atoms with Crippen molar-refractivity contribution < 1.29 is 40.2 Å². The first-order valence-electron chi connectivity index (χ1n) is 16.2. The summed E-state index contributed by atoms with van der Waals surface area (Å²) in [6.07, 6.45) is 8.26. The summed E-state index contributed by atoms with van der Waals surface area (Å²) in [6, 6.07) is 54.1. The van der Waals surface area contributed by atoms with Crippen LogP contribution < -0.4 is 19.6 Å². The minimum absolute atomic E-state index is 0. The van der Waals surface area contributed by atoms with Gasteiger partial charge in [0.2, 0.25) is 0 Å². The third-order valence-corrected chi connectivity index (χ3v) is 8.73. The third-order valence-electron chi connectivity index (χ3n) is 8.73. The molecule has 6 aromatic rings. The largest absolute Gasteiger partial charge is 0.500 e. The maximum absolute atomic E-state index is 3.56. The Morgan fingerprint density at radius 3 is 1.30 bits per heavy atom. The molecule has 0 saturated heterocycles. The molecule has 2 aliphatic heterocycles. The van der Waals surface area contributed by atoms with Crippen LogP contribution >= 0.6 is 0 Å². The average molecular weight is 1000 g/mol. The Kier molecular flexibility index (Phi) is 10.9. The molecule has 0 bridgehead atoms. The number of hydrogen-bond donors (Lipinski definition) is 0. The van der Waals surface area contributed by atoms with Gasteiger partial charge in [0.25, 0.3) is 0 Å². The molecule has 6 heteroatoms. The van der Waals surface area contributed by atoms with Crippen molar-refractivity contribution in [1.29, 1.82) is 0 Å². The fourth-order valence-corrected chi connectivity index (χ4v) is 6.45. The molecule has 0 N–H and O–H groups in total. The summed E-state index contributed by atoms with van der Waals surface area (Å²) in [4.78, 5) is 8.43. The zero-order chi connectivity index (χ0) is 32.5. The Labute approximate surface area is 322 Å². The molecule has 0 atom stereocenters. The van der Waals surface area contributed by atoms with E-state index in [2.05, 4.69) is 205 Å². The first kappa shape index (κ1) is 35.1. The van der Waals surface area contributed by atoms with Gasteiger partial charge in [-0.1, -0.05) is 95.1 Å². The molecule has 2 radical (unpaired) electrons. The first-order valence-corrected chi connectivity index (χ1v) is 16.2. The van der Waals surface area contributed by atoms with Crippen molar-refractivity contribution in [3.63, 3.8) is 0 Å². The Bertz CT molecular complexity index is 1970. The summed E-state index contributed by atoms with van der Waals surface area (Å²) in [5.41, 5.74) is 13.7. The molecule has 0 spiro atoms. The predicted molar refractivity (Wildman–Crippen MR) is 200 cm³/mol. The van der Waals surface area contributed by atoms with Crippen LogP contribution in [-0.2, 0) is 40.2 Å². The van der Waals surface area contributed by atoms with Crippen molar-refractivity contribution >= 4 is 22.7 Å². The summed E-state index contributed by atoms with van der Waals surface area (Å²) < 4.78 is 0. The van der Waals surface area contributed by atoms with Crippen LogP contribution in [0.15, 0.2) is 158 Å². The molecule has 0 unspecified atom stereocenters. The summed E-state index contributed by atoms with van der Waals surface area (Å²) in [6.45, 7) is 8.50. The molecule has 0 aromatic heterocycles. The molecule has 2 heterocycles. The monoisotopic (exact) mass is 1000 g/mol. The van der Waals surface area contributed by atoms with Crippen molar-refractivity contribution in [2.75, 3.05) is 19.6 Å². The molecular weight excluding hydrogens is 969 g/mol. The number of rotatable bonds is 7. The molecule has 6 aromatic carbocycles. The molecule has 2 aliphatic rings. The van der Waals surface area contributed by atoms with Crippen molar-refractivity contribution in [2.45, 2.75) is 13.8 Å². The fraction of sp³-hybridized carbons (Fsp3) is 0.0455. The smallest absolute Gasteiger partial charge is 0.0124 e. The molecule has 50 heavy (non-hydrogen) atoms. The minimum Gasteiger partial charge on any atom is -0.500 e. The average Bonchev–Trinajstić information content (AvgIpc) is 3.84. The second-order valence-electron chi connectivity index (χ2n) is 12.2. The van der Waals surface area contributed by atoms with Gasteiger partial charge in [-0.15, -0.1) is 48.0 Å². The van der Waals surface area contributed by atoms with Crippen molar-refractivity contribution in [3.05, 3.63) is 195 Å². The summed E-state index contributed by atoms with van der Waals surface area (Å²) in [5, 5.41) is 0. The van der Waals surface area contributed by atoms with Crippen LogP contribution in [0, 0.1) is 39.3 Å². The fourth-order valence-electron chi connectivity index (χ4n) is 6.45. The van der Waals surface area contributed by atoms with Gasteiger partial charge >= 0.3 is 0 Å².